The Bertz CT molecular complexity index is 965. The Hall–Kier alpha value is -3.07. The van der Waals surface area contributed by atoms with Crippen LogP contribution in [-0.2, 0) is 0 Å². The van der Waals surface area contributed by atoms with Crippen LogP contribution in [-0.4, -0.2) is 66.7 Å². The van der Waals surface area contributed by atoms with Crippen LogP contribution < -0.4 is 4.90 Å². The van der Waals surface area contributed by atoms with Crippen molar-refractivity contribution in [2.75, 3.05) is 31.1 Å². The molecule has 0 saturated carbocycles. The fourth-order valence-corrected chi connectivity index (χ4v) is 3.31. The number of amides is 1. The number of hydrogen-bond acceptors (Lipinski definition) is 7. The SMILES string of the molecule is CC(C)C(O)c1nnc2ccc(C(=O)N3CCN(c4cnccn4)CC3)cn12. The summed E-state index contributed by atoms with van der Waals surface area (Å²) in [5.41, 5.74) is 1.16. The molecular weight excluding hydrogens is 358 g/mol. The normalized spacial score (nSPS) is 16.0. The van der Waals surface area contributed by atoms with Crippen LogP contribution in [0.3, 0.4) is 0 Å². The van der Waals surface area contributed by atoms with E-state index in [1.165, 1.54) is 0 Å². The Kier molecular flexibility index (Phi) is 4.91. The molecule has 3 aromatic rings. The van der Waals surface area contributed by atoms with Gasteiger partial charge in [0.1, 0.15) is 11.9 Å². The average molecular weight is 381 g/mol. The lowest BCUT2D eigenvalue weighted by molar-refractivity contribution is 0.0745. The molecule has 1 saturated heterocycles. The predicted molar refractivity (Wildman–Crippen MR) is 103 cm³/mol. The molecular formula is C19H23N7O2. The smallest absolute Gasteiger partial charge is 0.255 e. The van der Waals surface area contributed by atoms with Crippen LogP contribution in [0.2, 0.25) is 0 Å². The molecule has 1 N–H and O–H groups in total. The fourth-order valence-electron chi connectivity index (χ4n) is 3.31. The first-order valence-electron chi connectivity index (χ1n) is 9.37. The number of nitrogens with zero attached hydrogens (tertiary/aromatic N) is 7. The molecule has 0 bridgehead atoms. The summed E-state index contributed by atoms with van der Waals surface area (Å²) < 4.78 is 1.70. The summed E-state index contributed by atoms with van der Waals surface area (Å²) in [6, 6.07) is 3.51. The molecule has 1 amide bonds. The lowest BCUT2D eigenvalue weighted by Gasteiger charge is -2.35. The summed E-state index contributed by atoms with van der Waals surface area (Å²) in [5.74, 6) is 1.24. The molecule has 28 heavy (non-hydrogen) atoms. The molecule has 0 aromatic carbocycles. The van der Waals surface area contributed by atoms with Gasteiger partial charge in [-0.2, -0.15) is 0 Å². The summed E-state index contributed by atoms with van der Waals surface area (Å²) in [6.07, 6.45) is 6.03. The Morgan fingerprint density at radius 3 is 2.57 bits per heavy atom. The van der Waals surface area contributed by atoms with Gasteiger partial charge in [0.05, 0.1) is 11.8 Å². The van der Waals surface area contributed by atoms with Gasteiger partial charge in [-0.3, -0.25) is 14.2 Å². The van der Waals surface area contributed by atoms with Gasteiger partial charge in [0.2, 0.25) is 0 Å². The zero-order valence-electron chi connectivity index (χ0n) is 15.9. The van der Waals surface area contributed by atoms with E-state index in [4.69, 9.17) is 0 Å². The largest absolute Gasteiger partial charge is 0.385 e. The van der Waals surface area contributed by atoms with Crippen molar-refractivity contribution in [3.8, 4) is 0 Å². The molecule has 0 spiro atoms. The molecule has 4 heterocycles. The maximum absolute atomic E-state index is 13.0. The maximum atomic E-state index is 13.0. The number of fused-ring (bicyclic) bond motifs is 1. The summed E-state index contributed by atoms with van der Waals surface area (Å²) in [6.45, 7) is 6.45. The highest BCUT2D eigenvalue weighted by molar-refractivity contribution is 5.94. The average Bonchev–Trinajstić information content (AvgIpc) is 3.16. The van der Waals surface area contributed by atoms with Crippen LogP contribution in [0.15, 0.2) is 36.9 Å². The molecule has 1 aliphatic heterocycles. The molecule has 3 aromatic heterocycles. The number of pyridine rings is 1. The van der Waals surface area contributed by atoms with Crippen LogP contribution in [0.5, 0.6) is 0 Å². The highest BCUT2D eigenvalue weighted by Crippen LogP contribution is 2.21. The Morgan fingerprint density at radius 2 is 1.89 bits per heavy atom. The van der Waals surface area contributed by atoms with Gasteiger partial charge in [0, 0.05) is 44.8 Å². The number of aromatic nitrogens is 5. The van der Waals surface area contributed by atoms with Crippen LogP contribution in [0.4, 0.5) is 5.82 Å². The van der Waals surface area contributed by atoms with E-state index >= 15 is 0 Å². The minimum Gasteiger partial charge on any atom is -0.385 e. The lowest BCUT2D eigenvalue weighted by Crippen LogP contribution is -2.49. The Labute approximate surface area is 162 Å². The second kappa shape index (κ2) is 7.51. The molecule has 0 aliphatic carbocycles. The number of aliphatic hydroxyl groups excluding tert-OH is 1. The highest BCUT2D eigenvalue weighted by atomic mass is 16.3. The van der Waals surface area contributed by atoms with Gasteiger partial charge in [-0.1, -0.05) is 13.8 Å². The first kappa shape index (κ1) is 18.3. The third-order valence-electron chi connectivity index (χ3n) is 5.01. The van der Waals surface area contributed by atoms with Crippen molar-refractivity contribution in [3.05, 3.63) is 48.3 Å². The van der Waals surface area contributed by atoms with E-state index in [1.54, 1.807) is 41.3 Å². The van der Waals surface area contributed by atoms with Gasteiger partial charge in [-0.25, -0.2) is 4.98 Å². The predicted octanol–water partition coefficient (Wildman–Crippen LogP) is 1.17. The van der Waals surface area contributed by atoms with Crippen LogP contribution >= 0.6 is 0 Å². The van der Waals surface area contributed by atoms with Crippen LogP contribution in [0, 0.1) is 5.92 Å². The molecule has 1 fully saturated rings. The van der Waals surface area contributed by atoms with E-state index in [0.29, 0.717) is 43.2 Å². The van der Waals surface area contributed by atoms with Gasteiger partial charge in [-0.15, -0.1) is 10.2 Å². The summed E-state index contributed by atoms with van der Waals surface area (Å²) in [7, 11) is 0. The zero-order valence-corrected chi connectivity index (χ0v) is 15.9. The van der Waals surface area contributed by atoms with Gasteiger partial charge >= 0.3 is 0 Å². The number of piperazine rings is 1. The first-order valence-corrected chi connectivity index (χ1v) is 9.37. The van der Waals surface area contributed by atoms with Gasteiger partial charge in [0.15, 0.2) is 11.5 Å². The third kappa shape index (κ3) is 3.40. The van der Waals surface area contributed by atoms with Gasteiger partial charge in [0.25, 0.3) is 5.91 Å². The van der Waals surface area contributed by atoms with E-state index in [0.717, 1.165) is 5.82 Å². The first-order chi connectivity index (χ1) is 13.5. The number of rotatable bonds is 4. The fraction of sp³-hybridized carbons (Fsp3) is 0.421. The zero-order chi connectivity index (χ0) is 19.7. The number of carbonyl (C=O) groups excluding carboxylic acids is 1. The Balaban J connectivity index is 1.51. The number of hydrogen-bond donors (Lipinski definition) is 1. The van der Waals surface area contributed by atoms with Crippen molar-refractivity contribution in [3.63, 3.8) is 0 Å². The van der Waals surface area contributed by atoms with Crippen molar-refractivity contribution in [2.24, 2.45) is 5.92 Å². The van der Waals surface area contributed by atoms with Crippen LogP contribution in [0.1, 0.15) is 36.1 Å². The molecule has 1 atom stereocenters. The van der Waals surface area contributed by atoms with Crippen molar-refractivity contribution >= 4 is 17.4 Å². The van der Waals surface area contributed by atoms with Crippen molar-refractivity contribution in [2.45, 2.75) is 20.0 Å². The van der Waals surface area contributed by atoms with Crippen molar-refractivity contribution in [1.29, 1.82) is 0 Å². The highest BCUT2D eigenvalue weighted by Gasteiger charge is 2.24. The third-order valence-corrected chi connectivity index (χ3v) is 5.01. The van der Waals surface area contributed by atoms with E-state index in [2.05, 4.69) is 25.1 Å². The summed E-state index contributed by atoms with van der Waals surface area (Å²) >= 11 is 0. The maximum Gasteiger partial charge on any atom is 0.255 e. The quantitative estimate of drug-likeness (QED) is 0.724. The minimum atomic E-state index is -0.740. The number of anilines is 1. The summed E-state index contributed by atoms with van der Waals surface area (Å²) in [4.78, 5) is 25.4. The topological polar surface area (TPSA) is 99.8 Å². The molecule has 146 valence electrons. The molecule has 9 nitrogen and oxygen atoms in total. The molecule has 1 aliphatic rings. The number of carbonyl (C=O) groups is 1. The summed E-state index contributed by atoms with van der Waals surface area (Å²) in [5, 5.41) is 18.5. The Morgan fingerprint density at radius 1 is 1.11 bits per heavy atom. The molecule has 9 heteroatoms. The van der Waals surface area contributed by atoms with E-state index < -0.39 is 6.10 Å². The molecule has 4 rings (SSSR count). The van der Waals surface area contributed by atoms with E-state index in [1.807, 2.05) is 18.7 Å². The minimum absolute atomic E-state index is 0.000853. The standard InChI is InChI=1S/C19H23N7O2/c1-13(2)17(27)18-23-22-15-4-3-14(12-26(15)18)19(28)25-9-7-24(8-10-25)16-11-20-5-6-21-16/h3-6,11-13,17,27H,7-10H2,1-2H3. The monoisotopic (exact) mass is 381 g/mol. The second-order valence-corrected chi connectivity index (χ2v) is 7.24. The van der Waals surface area contributed by atoms with Crippen molar-refractivity contribution < 1.29 is 9.90 Å². The second-order valence-electron chi connectivity index (χ2n) is 7.24. The van der Waals surface area contributed by atoms with Gasteiger partial charge < -0.3 is 14.9 Å². The van der Waals surface area contributed by atoms with Crippen molar-refractivity contribution in [1.82, 2.24) is 29.5 Å². The number of aliphatic hydroxyl groups is 1. The molecule has 1 unspecified atom stereocenters. The van der Waals surface area contributed by atoms with Gasteiger partial charge in [-0.05, 0) is 18.1 Å². The van der Waals surface area contributed by atoms with Crippen LogP contribution in [0.25, 0.3) is 5.65 Å². The molecule has 0 radical (unpaired) electrons. The van der Waals surface area contributed by atoms with E-state index in [9.17, 15) is 9.90 Å². The van der Waals surface area contributed by atoms with E-state index in [-0.39, 0.29) is 11.8 Å². The lowest BCUT2D eigenvalue weighted by atomic mass is 10.1.